The number of aromatic nitrogens is 4. The first-order valence-electron chi connectivity index (χ1n) is 9.46. The van der Waals surface area contributed by atoms with Crippen molar-refractivity contribution in [1.29, 1.82) is 0 Å². The van der Waals surface area contributed by atoms with Gasteiger partial charge >= 0.3 is 6.36 Å². The van der Waals surface area contributed by atoms with Crippen LogP contribution in [0.5, 0.6) is 5.88 Å². The number of carbonyl (C=O) groups is 1. The molecule has 0 unspecified atom stereocenters. The number of anilines is 1. The fourth-order valence-corrected chi connectivity index (χ4v) is 3.57. The number of carbonyl (C=O) groups excluding carboxylic acids is 1. The molecule has 3 aromatic rings. The summed E-state index contributed by atoms with van der Waals surface area (Å²) in [6.45, 7) is 4.36. The number of hydrogen-bond donors (Lipinski definition) is 1. The van der Waals surface area contributed by atoms with Crippen LogP contribution in [0.3, 0.4) is 0 Å². The van der Waals surface area contributed by atoms with E-state index >= 15 is 0 Å². The molecular weight excluding hydrogens is 431 g/mol. The Morgan fingerprint density at radius 3 is 2.55 bits per heavy atom. The summed E-state index contributed by atoms with van der Waals surface area (Å²) in [4.78, 5) is 15.8. The van der Waals surface area contributed by atoms with Crippen LogP contribution in [0.4, 0.5) is 18.9 Å². The first kappa shape index (κ1) is 22.6. The number of alkyl halides is 3. The van der Waals surface area contributed by atoms with Crippen LogP contribution in [0.25, 0.3) is 11.4 Å². The van der Waals surface area contributed by atoms with Gasteiger partial charge in [0, 0.05) is 30.1 Å². The molecule has 7 nitrogen and oxygen atoms in total. The quantitative estimate of drug-likeness (QED) is 0.506. The molecule has 0 aliphatic carbocycles. The lowest BCUT2D eigenvalue weighted by atomic mass is 10.1. The predicted octanol–water partition coefficient (Wildman–Crippen LogP) is 4.55. The minimum atomic E-state index is -4.84. The van der Waals surface area contributed by atoms with Gasteiger partial charge in [0.05, 0.1) is 5.75 Å². The molecule has 0 saturated carbocycles. The zero-order valence-electron chi connectivity index (χ0n) is 16.8. The normalized spacial score (nSPS) is 11.4. The van der Waals surface area contributed by atoms with E-state index < -0.39 is 12.2 Å². The number of ether oxygens (including phenoxy) is 1. The van der Waals surface area contributed by atoms with Gasteiger partial charge in [0.1, 0.15) is 0 Å². The number of halogens is 3. The van der Waals surface area contributed by atoms with E-state index in [4.69, 9.17) is 0 Å². The summed E-state index contributed by atoms with van der Waals surface area (Å²) in [5, 5.41) is 11.4. The van der Waals surface area contributed by atoms with Gasteiger partial charge in [-0.1, -0.05) is 30.8 Å². The van der Waals surface area contributed by atoms with Crippen LogP contribution in [0.2, 0.25) is 0 Å². The van der Waals surface area contributed by atoms with Gasteiger partial charge in [0.25, 0.3) is 0 Å². The average Bonchev–Trinajstić information content (AvgIpc) is 3.15. The van der Waals surface area contributed by atoms with E-state index in [9.17, 15) is 18.0 Å². The zero-order chi connectivity index (χ0) is 22.4. The molecule has 0 aliphatic heterocycles. The standard InChI is InChI=1S/C20H20F3N5O2S/c1-3-13-5-7-15(8-6-13)25-16(29)12-31-19-27-26-18(28(19)4-2)14-9-10-24-17(11-14)30-20(21,22)23/h5-11H,3-4,12H2,1-2H3,(H,25,29). The van der Waals surface area contributed by atoms with Gasteiger partial charge in [0.15, 0.2) is 11.0 Å². The summed E-state index contributed by atoms with van der Waals surface area (Å²) >= 11 is 1.19. The van der Waals surface area contributed by atoms with E-state index in [0.29, 0.717) is 28.8 Å². The largest absolute Gasteiger partial charge is 0.574 e. The smallest absolute Gasteiger partial charge is 0.388 e. The third kappa shape index (κ3) is 6.20. The van der Waals surface area contributed by atoms with Gasteiger partial charge < -0.3 is 14.6 Å². The third-order valence-corrected chi connectivity index (χ3v) is 5.19. The molecule has 0 atom stereocenters. The fraction of sp³-hybridized carbons (Fsp3) is 0.300. The van der Waals surface area contributed by atoms with Crippen molar-refractivity contribution in [3.05, 3.63) is 48.2 Å². The van der Waals surface area contributed by atoms with Crippen molar-refractivity contribution in [3.63, 3.8) is 0 Å². The third-order valence-electron chi connectivity index (χ3n) is 4.22. The van der Waals surface area contributed by atoms with Crippen molar-refractivity contribution in [2.45, 2.75) is 38.3 Å². The van der Waals surface area contributed by atoms with Gasteiger partial charge in [-0.15, -0.1) is 23.4 Å². The van der Waals surface area contributed by atoms with Crippen molar-refractivity contribution in [1.82, 2.24) is 19.7 Å². The maximum Gasteiger partial charge on any atom is 0.574 e. The number of amides is 1. The van der Waals surface area contributed by atoms with Crippen molar-refractivity contribution in [3.8, 4) is 17.3 Å². The molecule has 11 heteroatoms. The highest BCUT2D eigenvalue weighted by atomic mass is 32.2. The second-order valence-corrected chi connectivity index (χ2v) is 7.31. The van der Waals surface area contributed by atoms with Crippen LogP contribution >= 0.6 is 11.8 Å². The Bertz CT molecular complexity index is 1040. The van der Waals surface area contributed by atoms with Crippen LogP contribution in [-0.4, -0.2) is 37.8 Å². The van der Waals surface area contributed by atoms with Crippen molar-refractivity contribution < 1.29 is 22.7 Å². The Morgan fingerprint density at radius 1 is 1.16 bits per heavy atom. The molecule has 1 amide bonds. The first-order valence-corrected chi connectivity index (χ1v) is 10.4. The second kappa shape index (κ2) is 9.82. The van der Waals surface area contributed by atoms with Gasteiger partial charge in [-0.05, 0) is 37.1 Å². The lowest BCUT2D eigenvalue weighted by Gasteiger charge is -2.10. The van der Waals surface area contributed by atoms with E-state index in [1.54, 1.807) is 4.57 Å². The maximum atomic E-state index is 12.5. The SMILES string of the molecule is CCc1ccc(NC(=O)CSc2nnc(-c3ccnc(OC(F)(F)F)c3)n2CC)cc1. The highest BCUT2D eigenvalue weighted by Crippen LogP contribution is 2.28. The van der Waals surface area contributed by atoms with E-state index in [0.717, 1.165) is 12.5 Å². The maximum absolute atomic E-state index is 12.5. The summed E-state index contributed by atoms with van der Waals surface area (Å²) in [5.74, 6) is -0.327. The highest BCUT2D eigenvalue weighted by Gasteiger charge is 2.32. The number of rotatable bonds is 8. The molecule has 2 heterocycles. The molecule has 0 saturated heterocycles. The molecule has 31 heavy (non-hydrogen) atoms. The van der Waals surface area contributed by atoms with Crippen LogP contribution in [0, 0.1) is 0 Å². The number of nitrogens with zero attached hydrogens (tertiary/aromatic N) is 4. The van der Waals surface area contributed by atoms with Gasteiger partial charge in [0.2, 0.25) is 11.8 Å². The number of pyridine rings is 1. The minimum absolute atomic E-state index is 0.104. The van der Waals surface area contributed by atoms with E-state index in [1.165, 1.54) is 29.6 Å². The highest BCUT2D eigenvalue weighted by molar-refractivity contribution is 7.99. The number of benzene rings is 1. The van der Waals surface area contributed by atoms with Crippen molar-refractivity contribution >= 4 is 23.4 Å². The lowest BCUT2D eigenvalue weighted by Crippen LogP contribution is -2.17. The van der Waals surface area contributed by atoms with Gasteiger partial charge in [-0.25, -0.2) is 4.98 Å². The van der Waals surface area contributed by atoms with Crippen molar-refractivity contribution in [2.75, 3.05) is 11.1 Å². The molecule has 0 aliphatic rings. The Hall–Kier alpha value is -3.08. The number of nitrogens with one attached hydrogen (secondary N) is 1. The number of aryl methyl sites for hydroxylation is 1. The minimum Gasteiger partial charge on any atom is -0.388 e. The summed E-state index contributed by atoms with van der Waals surface area (Å²) in [7, 11) is 0. The van der Waals surface area contributed by atoms with Crippen LogP contribution in [-0.2, 0) is 17.8 Å². The summed E-state index contributed by atoms with van der Waals surface area (Å²) < 4.78 is 43.0. The number of hydrogen-bond acceptors (Lipinski definition) is 6. The molecule has 1 aromatic carbocycles. The Balaban J connectivity index is 1.68. The van der Waals surface area contributed by atoms with Gasteiger partial charge in [-0.2, -0.15) is 0 Å². The van der Waals surface area contributed by atoms with Crippen molar-refractivity contribution in [2.24, 2.45) is 0 Å². The van der Waals surface area contributed by atoms with E-state index in [-0.39, 0.29) is 11.7 Å². The molecule has 0 radical (unpaired) electrons. The Labute approximate surface area is 181 Å². The molecule has 164 valence electrons. The molecule has 0 spiro atoms. The molecular formula is C20H20F3N5O2S. The molecule has 1 N–H and O–H groups in total. The lowest BCUT2D eigenvalue weighted by molar-refractivity contribution is -0.276. The fourth-order valence-electron chi connectivity index (χ4n) is 2.77. The topological polar surface area (TPSA) is 81.9 Å². The molecule has 0 bridgehead atoms. The average molecular weight is 451 g/mol. The summed E-state index contributed by atoms with van der Waals surface area (Å²) in [6.07, 6.45) is -2.72. The van der Waals surface area contributed by atoms with E-state index in [1.807, 2.05) is 31.2 Å². The number of thioether (sulfide) groups is 1. The Morgan fingerprint density at radius 2 is 1.90 bits per heavy atom. The monoisotopic (exact) mass is 451 g/mol. The molecule has 2 aromatic heterocycles. The Kier molecular flexibility index (Phi) is 7.16. The summed E-state index contributed by atoms with van der Waals surface area (Å²) in [6, 6.07) is 10.3. The van der Waals surface area contributed by atoms with Crippen LogP contribution < -0.4 is 10.1 Å². The van der Waals surface area contributed by atoms with Crippen LogP contribution in [0.1, 0.15) is 19.4 Å². The molecule has 3 rings (SSSR count). The molecule has 0 fully saturated rings. The first-order chi connectivity index (χ1) is 14.8. The zero-order valence-corrected chi connectivity index (χ0v) is 17.6. The van der Waals surface area contributed by atoms with Crippen LogP contribution in [0.15, 0.2) is 47.8 Å². The predicted molar refractivity (Wildman–Crippen MR) is 111 cm³/mol. The second-order valence-electron chi connectivity index (χ2n) is 6.37. The van der Waals surface area contributed by atoms with E-state index in [2.05, 4.69) is 32.2 Å². The summed E-state index contributed by atoms with van der Waals surface area (Å²) in [5.41, 5.74) is 2.25. The van der Waals surface area contributed by atoms with Gasteiger partial charge in [-0.3, -0.25) is 4.79 Å².